The summed E-state index contributed by atoms with van der Waals surface area (Å²) < 4.78 is 0. The molecule has 4 aromatic carbocycles. The molecular formula is C25H20O2. The van der Waals surface area contributed by atoms with Crippen molar-refractivity contribution in [1.82, 2.24) is 0 Å². The minimum absolute atomic E-state index is 0.208. The summed E-state index contributed by atoms with van der Waals surface area (Å²) in [7, 11) is 0. The fourth-order valence-corrected chi connectivity index (χ4v) is 4.42. The number of phenolic OH excluding ortho intramolecular Hbond substituents is 2. The molecule has 0 radical (unpaired) electrons. The summed E-state index contributed by atoms with van der Waals surface area (Å²) in [6.07, 6.45) is 0.906. The number of rotatable bonds is 1. The van der Waals surface area contributed by atoms with Crippen LogP contribution >= 0.6 is 0 Å². The maximum Gasteiger partial charge on any atom is 0.123 e. The minimum Gasteiger partial charge on any atom is -0.508 e. The summed E-state index contributed by atoms with van der Waals surface area (Å²) in [5.74, 6) is 0.443. The van der Waals surface area contributed by atoms with Crippen LogP contribution in [-0.4, -0.2) is 10.2 Å². The van der Waals surface area contributed by atoms with Gasteiger partial charge in [0.2, 0.25) is 0 Å². The SMILES string of the molecule is Cc1cc2c(c(-c3ccc(O)c4ccc(O)cc34)c1C)Cc1ccccc1-2. The Kier molecular flexibility index (Phi) is 3.32. The maximum absolute atomic E-state index is 10.3. The number of aromatic hydroxyl groups is 2. The Morgan fingerprint density at radius 1 is 0.741 bits per heavy atom. The quantitative estimate of drug-likeness (QED) is 0.382. The molecule has 1 aliphatic rings. The van der Waals surface area contributed by atoms with E-state index in [0.29, 0.717) is 0 Å². The molecule has 27 heavy (non-hydrogen) atoms. The Morgan fingerprint density at radius 2 is 1.56 bits per heavy atom. The van der Waals surface area contributed by atoms with Gasteiger partial charge in [-0.3, -0.25) is 0 Å². The van der Waals surface area contributed by atoms with Gasteiger partial charge in [0.25, 0.3) is 0 Å². The van der Waals surface area contributed by atoms with Crippen molar-refractivity contribution >= 4 is 10.8 Å². The number of aryl methyl sites for hydroxylation is 1. The van der Waals surface area contributed by atoms with E-state index in [2.05, 4.69) is 44.2 Å². The number of hydrogen-bond donors (Lipinski definition) is 2. The Balaban J connectivity index is 1.89. The average molecular weight is 352 g/mol. The van der Waals surface area contributed by atoms with E-state index in [9.17, 15) is 10.2 Å². The highest BCUT2D eigenvalue weighted by atomic mass is 16.3. The van der Waals surface area contributed by atoms with Crippen LogP contribution in [0.3, 0.4) is 0 Å². The topological polar surface area (TPSA) is 40.5 Å². The first kappa shape index (κ1) is 16.0. The summed E-state index contributed by atoms with van der Waals surface area (Å²) in [6, 6.07) is 19.8. The van der Waals surface area contributed by atoms with Crippen LogP contribution in [0.15, 0.2) is 60.7 Å². The molecule has 0 amide bonds. The Bertz CT molecular complexity index is 1230. The lowest BCUT2D eigenvalue weighted by Crippen LogP contribution is -1.96. The molecule has 2 heteroatoms. The maximum atomic E-state index is 10.3. The second-order valence-electron chi connectivity index (χ2n) is 7.42. The number of benzene rings is 4. The first-order chi connectivity index (χ1) is 13.0. The highest BCUT2D eigenvalue weighted by Gasteiger charge is 2.25. The zero-order chi connectivity index (χ0) is 18.7. The molecule has 2 nitrogen and oxygen atoms in total. The lowest BCUT2D eigenvalue weighted by Gasteiger charge is -2.18. The number of hydrogen-bond acceptors (Lipinski definition) is 2. The number of fused-ring (bicyclic) bond motifs is 4. The van der Waals surface area contributed by atoms with Crippen LogP contribution in [-0.2, 0) is 6.42 Å². The van der Waals surface area contributed by atoms with Crippen LogP contribution in [0.5, 0.6) is 11.5 Å². The molecule has 0 saturated heterocycles. The van der Waals surface area contributed by atoms with Crippen molar-refractivity contribution in [3.05, 3.63) is 82.9 Å². The van der Waals surface area contributed by atoms with E-state index in [-0.39, 0.29) is 11.5 Å². The Hall–Kier alpha value is -3.26. The molecule has 0 fully saturated rings. The third-order valence-electron chi connectivity index (χ3n) is 5.88. The number of phenols is 2. The molecule has 2 N–H and O–H groups in total. The Morgan fingerprint density at radius 3 is 2.41 bits per heavy atom. The molecule has 0 unspecified atom stereocenters. The lowest BCUT2D eigenvalue weighted by molar-refractivity contribution is 0.475. The standard InChI is InChI=1S/C25H20O2/c1-14-11-21-18-6-4-3-5-16(18)12-23(21)25(15(14)2)20-9-10-24(27)19-8-7-17(26)13-22(19)20/h3-11,13,26-27H,12H2,1-2H3. The minimum atomic E-state index is 0.208. The zero-order valence-electron chi connectivity index (χ0n) is 15.4. The fourth-order valence-electron chi connectivity index (χ4n) is 4.42. The molecular weight excluding hydrogens is 332 g/mol. The normalized spacial score (nSPS) is 12.2. The lowest BCUT2D eigenvalue weighted by atomic mass is 9.86. The van der Waals surface area contributed by atoms with E-state index in [4.69, 9.17) is 0 Å². The van der Waals surface area contributed by atoms with Gasteiger partial charge >= 0.3 is 0 Å². The van der Waals surface area contributed by atoms with Crippen LogP contribution in [0.1, 0.15) is 22.3 Å². The van der Waals surface area contributed by atoms with Gasteiger partial charge < -0.3 is 10.2 Å². The third kappa shape index (κ3) is 2.26. The first-order valence-electron chi connectivity index (χ1n) is 9.21. The molecule has 0 saturated carbocycles. The van der Waals surface area contributed by atoms with E-state index in [0.717, 1.165) is 22.8 Å². The van der Waals surface area contributed by atoms with Crippen molar-refractivity contribution in [2.24, 2.45) is 0 Å². The van der Waals surface area contributed by atoms with Gasteiger partial charge in [0.15, 0.2) is 0 Å². The van der Waals surface area contributed by atoms with Gasteiger partial charge in [0.1, 0.15) is 11.5 Å². The van der Waals surface area contributed by atoms with Crippen LogP contribution in [0.2, 0.25) is 0 Å². The average Bonchev–Trinajstić information content (AvgIpc) is 3.02. The van der Waals surface area contributed by atoms with Crippen molar-refractivity contribution in [3.63, 3.8) is 0 Å². The van der Waals surface area contributed by atoms with Gasteiger partial charge in [-0.15, -0.1) is 0 Å². The van der Waals surface area contributed by atoms with E-state index in [1.807, 2.05) is 6.07 Å². The third-order valence-corrected chi connectivity index (χ3v) is 5.88. The van der Waals surface area contributed by atoms with Gasteiger partial charge in [0, 0.05) is 5.39 Å². The van der Waals surface area contributed by atoms with Gasteiger partial charge in [-0.1, -0.05) is 36.4 Å². The largest absolute Gasteiger partial charge is 0.508 e. The molecule has 1 aliphatic carbocycles. The van der Waals surface area contributed by atoms with Crippen molar-refractivity contribution in [2.75, 3.05) is 0 Å². The molecule has 0 spiro atoms. The summed E-state index contributed by atoms with van der Waals surface area (Å²) in [4.78, 5) is 0. The first-order valence-corrected chi connectivity index (χ1v) is 9.21. The molecule has 5 rings (SSSR count). The molecule has 0 aliphatic heterocycles. The summed E-state index contributed by atoms with van der Waals surface area (Å²) in [5, 5.41) is 22.0. The van der Waals surface area contributed by atoms with Gasteiger partial charge in [-0.25, -0.2) is 0 Å². The van der Waals surface area contributed by atoms with Gasteiger partial charge in [-0.2, -0.15) is 0 Å². The molecule has 0 heterocycles. The highest BCUT2D eigenvalue weighted by molar-refractivity contribution is 6.03. The zero-order valence-corrected chi connectivity index (χ0v) is 15.4. The molecule has 132 valence electrons. The summed E-state index contributed by atoms with van der Waals surface area (Å²) >= 11 is 0. The summed E-state index contributed by atoms with van der Waals surface area (Å²) in [6.45, 7) is 4.32. The van der Waals surface area contributed by atoms with E-state index in [1.54, 1.807) is 24.3 Å². The predicted octanol–water partition coefficient (Wildman–Crippen LogP) is 6.11. The van der Waals surface area contributed by atoms with Crippen molar-refractivity contribution < 1.29 is 10.2 Å². The van der Waals surface area contributed by atoms with E-state index >= 15 is 0 Å². The van der Waals surface area contributed by atoms with Crippen LogP contribution in [0.4, 0.5) is 0 Å². The highest BCUT2D eigenvalue weighted by Crippen LogP contribution is 2.46. The molecule has 0 aromatic heterocycles. The monoisotopic (exact) mass is 352 g/mol. The van der Waals surface area contributed by atoms with Crippen molar-refractivity contribution in [2.45, 2.75) is 20.3 Å². The van der Waals surface area contributed by atoms with Crippen LogP contribution < -0.4 is 0 Å². The molecule has 4 aromatic rings. The molecule has 0 atom stereocenters. The van der Waals surface area contributed by atoms with Crippen LogP contribution in [0, 0.1) is 13.8 Å². The summed E-state index contributed by atoms with van der Waals surface area (Å²) in [5.41, 5.74) is 10.1. The fraction of sp³-hybridized carbons (Fsp3) is 0.120. The van der Waals surface area contributed by atoms with Crippen LogP contribution in [0.25, 0.3) is 33.0 Å². The second kappa shape index (κ2) is 5.62. The second-order valence-corrected chi connectivity index (χ2v) is 7.42. The van der Waals surface area contributed by atoms with E-state index in [1.165, 1.54) is 38.9 Å². The predicted molar refractivity (Wildman–Crippen MR) is 110 cm³/mol. The van der Waals surface area contributed by atoms with Crippen molar-refractivity contribution in [1.29, 1.82) is 0 Å². The Labute approximate surface area is 158 Å². The molecule has 0 bridgehead atoms. The van der Waals surface area contributed by atoms with Crippen molar-refractivity contribution in [3.8, 4) is 33.8 Å². The van der Waals surface area contributed by atoms with Gasteiger partial charge in [0.05, 0.1) is 0 Å². The van der Waals surface area contributed by atoms with Gasteiger partial charge in [-0.05, 0) is 94.4 Å². The van der Waals surface area contributed by atoms with E-state index < -0.39 is 0 Å². The smallest absolute Gasteiger partial charge is 0.123 e.